The third-order valence-electron chi connectivity index (χ3n) is 3.16. The van der Waals surface area contributed by atoms with Crippen LogP contribution >= 0.6 is 0 Å². The highest BCUT2D eigenvalue weighted by Gasteiger charge is 2.11. The standard InChI is InChI=1S/C16H17N3O3/c1-10-12(17)6-4-7-13(10)19-15(20)9-22-14-8-3-2-5-11(14)16(18)21/h2-8H,9,17H2,1H3,(H2,18,21)(H,19,20). The Morgan fingerprint density at radius 2 is 1.86 bits per heavy atom. The third kappa shape index (κ3) is 3.54. The van der Waals surface area contributed by atoms with Crippen LogP contribution in [-0.4, -0.2) is 18.4 Å². The number of anilines is 2. The number of carbonyl (C=O) groups is 2. The van der Waals surface area contributed by atoms with Crippen LogP contribution in [0.4, 0.5) is 11.4 Å². The molecule has 0 saturated carbocycles. The fraction of sp³-hybridized carbons (Fsp3) is 0.125. The van der Waals surface area contributed by atoms with Gasteiger partial charge in [-0.3, -0.25) is 9.59 Å². The van der Waals surface area contributed by atoms with E-state index >= 15 is 0 Å². The molecule has 6 nitrogen and oxygen atoms in total. The summed E-state index contributed by atoms with van der Waals surface area (Å²) in [5.74, 6) is -0.690. The first-order chi connectivity index (χ1) is 10.5. The number of carbonyl (C=O) groups excluding carboxylic acids is 2. The second kappa shape index (κ2) is 6.62. The first kappa shape index (κ1) is 15.4. The number of benzene rings is 2. The third-order valence-corrected chi connectivity index (χ3v) is 3.16. The predicted molar refractivity (Wildman–Crippen MR) is 84.7 cm³/mol. The molecule has 0 fully saturated rings. The number of nitrogen functional groups attached to an aromatic ring is 1. The van der Waals surface area contributed by atoms with Gasteiger partial charge < -0.3 is 21.5 Å². The summed E-state index contributed by atoms with van der Waals surface area (Å²) in [5, 5.41) is 2.71. The molecule has 0 aromatic heterocycles. The maximum atomic E-state index is 11.9. The van der Waals surface area contributed by atoms with Crippen molar-refractivity contribution < 1.29 is 14.3 Å². The van der Waals surface area contributed by atoms with Gasteiger partial charge >= 0.3 is 0 Å². The van der Waals surface area contributed by atoms with E-state index in [1.807, 2.05) is 6.92 Å². The lowest BCUT2D eigenvalue weighted by molar-refractivity contribution is -0.118. The van der Waals surface area contributed by atoms with E-state index in [0.717, 1.165) is 5.56 Å². The van der Waals surface area contributed by atoms with Gasteiger partial charge in [-0.25, -0.2) is 0 Å². The number of rotatable bonds is 5. The Labute approximate surface area is 128 Å². The van der Waals surface area contributed by atoms with E-state index < -0.39 is 5.91 Å². The van der Waals surface area contributed by atoms with Crippen molar-refractivity contribution in [3.05, 3.63) is 53.6 Å². The van der Waals surface area contributed by atoms with Crippen LogP contribution in [0.5, 0.6) is 5.75 Å². The average Bonchev–Trinajstić information content (AvgIpc) is 2.50. The molecule has 0 atom stereocenters. The van der Waals surface area contributed by atoms with Crippen LogP contribution in [0.15, 0.2) is 42.5 Å². The summed E-state index contributed by atoms with van der Waals surface area (Å²) < 4.78 is 5.36. The Morgan fingerprint density at radius 1 is 1.14 bits per heavy atom. The number of nitrogens with two attached hydrogens (primary N) is 2. The van der Waals surface area contributed by atoms with Crippen molar-refractivity contribution in [3.63, 3.8) is 0 Å². The van der Waals surface area contributed by atoms with Crippen molar-refractivity contribution in [2.24, 2.45) is 5.73 Å². The van der Waals surface area contributed by atoms with Crippen LogP contribution < -0.4 is 21.5 Å². The first-order valence-corrected chi connectivity index (χ1v) is 6.65. The second-order valence-electron chi connectivity index (χ2n) is 4.72. The van der Waals surface area contributed by atoms with Gasteiger partial charge in [0.2, 0.25) is 0 Å². The predicted octanol–water partition coefficient (Wildman–Crippen LogP) is 1.69. The number of hydrogen-bond acceptors (Lipinski definition) is 4. The van der Waals surface area contributed by atoms with Crippen molar-refractivity contribution in [2.45, 2.75) is 6.92 Å². The number of primary amides is 1. The minimum absolute atomic E-state index is 0.232. The summed E-state index contributed by atoms with van der Waals surface area (Å²) in [7, 11) is 0. The lowest BCUT2D eigenvalue weighted by Crippen LogP contribution is -2.22. The smallest absolute Gasteiger partial charge is 0.262 e. The molecule has 2 amide bonds. The molecule has 2 aromatic carbocycles. The van der Waals surface area contributed by atoms with Crippen molar-refractivity contribution in [1.29, 1.82) is 0 Å². The van der Waals surface area contributed by atoms with E-state index in [0.29, 0.717) is 11.4 Å². The Morgan fingerprint density at radius 3 is 2.59 bits per heavy atom. The molecule has 0 aliphatic heterocycles. The zero-order chi connectivity index (χ0) is 16.1. The number of hydrogen-bond donors (Lipinski definition) is 3. The second-order valence-corrected chi connectivity index (χ2v) is 4.72. The minimum Gasteiger partial charge on any atom is -0.483 e. The quantitative estimate of drug-likeness (QED) is 0.730. The molecule has 0 saturated heterocycles. The summed E-state index contributed by atoms with van der Waals surface area (Å²) in [6, 6.07) is 11.7. The Hall–Kier alpha value is -3.02. The number of ether oxygens (including phenoxy) is 1. The lowest BCUT2D eigenvalue weighted by atomic mass is 10.1. The summed E-state index contributed by atoms with van der Waals surface area (Å²) in [5.41, 5.74) is 13.3. The van der Waals surface area contributed by atoms with Crippen LogP contribution in [-0.2, 0) is 4.79 Å². The maximum absolute atomic E-state index is 11.9. The molecule has 0 unspecified atom stereocenters. The molecular formula is C16H17N3O3. The molecule has 0 bridgehead atoms. The first-order valence-electron chi connectivity index (χ1n) is 6.65. The Balaban J connectivity index is 2.02. The molecular weight excluding hydrogens is 282 g/mol. The van der Waals surface area contributed by atoms with Crippen molar-refractivity contribution >= 4 is 23.2 Å². The van der Waals surface area contributed by atoms with Gasteiger partial charge in [-0.2, -0.15) is 0 Å². The topological polar surface area (TPSA) is 107 Å². The van der Waals surface area contributed by atoms with Gasteiger partial charge in [0.1, 0.15) is 5.75 Å². The maximum Gasteiger partial charge on any atom is 0.262 e. The van der Waals surface area contributed by atoms with Crippen molar-refractivity contribution in [2.75, 3.05) is 17.7 Å². The van der Waals surface area contributed by atoms with E-state index in [4.69, 9.17) is 16.2 Å². The Bertz CT molecular complexity index is 714. The molecule has 2 rings (SSSR count). The summed E-state index contributed by atoms with van der Waals surface area (Å²) in [4.78, 5) is 23.2. The molecule has 5 N–H and O–H groups in total. The molecule has 0 spiro atoms. The molecule has 114 valence electrons. The van der Waals surface area contributed by atoms with E-state index in [1.54, 1.807) is 36.4 Å². The van der Waals surface area contributed by atoms with Crippen LogP contribution in [0.1, 0.15) is 15.9 Å². The van der Waals surface area contributed by atoms with Gasteiger partial charge in [-0.05, 0) is 36.8 Å². The Kier molecular flexibility index (Phi) is 4.63. The van der Waals surface area contributed by atoms with E-state index in [2.05, 4.69) is 5.32 Å². The minimum atomic E-state index is -0.609. The van der Waals surface area contributed by atoms with Gasteiger partial charge in [0.05, 0.1) is 5.56 Å². The summed E-state index contributed by atoms with van der Waals surface area (Å²) in [6.45, 7) is 1.58. The zero-order valence-electron chi connectivity index (χ0n) is 12.1. The summed E-state index contributed by atoms with van der Waals surface area (Å²) >= 11 is 0. The highest BCUT2D eigenvalue weighted by atomic mass is 16.5. The molecule has 2 aromatic rings. The van der Waals surface area contributed by atoms with Crippen LogP contribution in [0.25, 0.3) is 0 Å². The van der Waals surface area contributed by atoms with Crippen molar-refractivity contribution in [3.8, 4) is 5.75 Å². The molecule has 6 heteroatoms. The highest BCUT2D eigenvalue weighted by Crippen LogP contribution is 2.21. The number of para-hydroxylation sites is 1. The largest absolute Gasteiger partial charge is 0.483 e. The van der Waals surface area contributed by atoms with Gasteiger partial charge in [-0.15, -0.1) is 0 Å². The monoisotopic (exact) mass is 299 g/mol. The van der Waals surface area contributed by atoms with Gasteiger partial charge in [0.25, 0.3) is 11.8 Å². The fourth-order valence-corrected chi connectivity index (χ4v) is 1.91. The molecule has 22 heavy (non-hydrogen) atoms. The van der Waals surface area contributed by atoms with Gasteiger partial charge in [0, 0.05) is 11.4 Å². The SMILES string of the molecule is Cc1c(N)cccc1NC(=O)COc1ccccc1C(N)=O. The zero-order valence-corrected chi connectivity index (χ0v) is 12.1. The molecule has 0 aliphatic carbocycles. The normalized spacial score (nSPS) is 10.0. The number of amides is 2. The molecule has 0 aliphatic rings. The van der Waals surface area contributed by atoms with Crippen LogP contribution in [0, 0.1) is 6.92 Å². The van der Waals surface area contributed by atoms with E-state index in [-0.39, 0.29) is 23.8 Å². The lowest BCUT2D eigenvalue weighted by Gasteiger charge is -2.12. The average molecular weight is 299 g/mol. The van der Waals surface area contributed by atoms with Crippen LogP contribution in [0.3, 0.4) is 0 Å². The fourth-order valence-electron chi connectivity index (χ4n) is 1.91. The van der Waals surface area contributed by atoms with E-state index in [9.17, 15) is 9.59 Å². The highest BCUT2D eigenvalue weighted by molar-refractivity contribution is 5.96. The molecule has 0 heterocycles. The van der Waals surface area contributed by atoms with Gasteiger partial charge in [0.15, 0.2) is 6.61 Å². The van der Waals surface area contributed by atoms with E-state index in [1.165, 1.54) is 6.07 Å². The van der Waals surface area contributed by atoms with Gasteiger partial charge in [-0.1, -0.05) is 18.2 Å². The van der Waals surface area contributed by atoms with Crippen LogP contribution in [0.2, 0.25) is 0 Å². The summed E-state index contributed by atoms with van der Waals surface area (Å²) in [6.07, 6.45) is 0. The van der Waals surface area contributed by atoms with Crippen molar-refractivity contribution in [1.82, 2.24) is 0 Å². The number of nitrogens with one attached hydrogen (secondary N) is 1. The molecule has 0 radical (unpaired) electrons.